The number of aromatic hydroxyl groups is 1. The number of phenolic OH excluding ortho intramolecular Hbond substituents is 1. The molecule has 0 heterocycles. The van der Waals surface area contributed by atoms with E-state index >= 15 is 0 Å². The Kier molecular flexibility index (Phi) is 4.25. The summed E-state index contributed by atoms with van der Waals surface area (Å²) in [6, 6.07) is 7.36. The first kappa shape index (κ1) is 16.1. The van der Waals surface area contributed by atoms with Crippen LogP contribution >= 0.6 is 0 Å². The Morgan fingerprint density at radius 3 is 2.12 bits per heavy atom. The Morgan fingerprint density at radius 2 is 1.54 bits per heavy atom. The van der Waals surface area contributed by atoms with E-state index in [1.807, 2.05) is 18.2 Å². The summed E-state index contributed by atoms with van der Waals surface area (Å²) >= 11 is 0. The highest BCUT2D eigenvalue weighted by molar-refractivity contribution is 5.76. The van der Waals surface area contributed by atoms with E-state index in [-0.39, 0.29) is 11.7 Å². The number of phenols is 1. The van der Waals surface area contributed by atoms with Gasteiger partial charge in [-0.05, 0) is 29.3 Å². The second kappa shape index (κ2) is 6.35. The maximum absolute atomic E-state index is 10.1. The molecule has 0 fully saturated rings. The molecule has 1 aliphatic carbocycles. The quantitative estimate of drug-likeness (QED) is 0.909. The Hall–Kier alpha value is -2.82. The van der Waals surface area contributed by atoms with Gasteiger partial charge in [-0.25, -0.2) is 0 Å². The molecule has 0 aliphatic heterocycles. The van der Waals surface area contributed by atoms with Crippen molar-refractivity contribution in [3.8, 4) is 28.7 Å². The van der Waals surface area contributed by atoms with E-state index < -0.39 is 0 Å². The summed E-state index contributed by atoms with van der Waals surface area (Å²) in [5.41, 5.74) is 2.95. The van der Waals surface area contributed by atoms with E-state index in [2.05, 4.69) is 6.08 Å². The molecule has 126 valence electrons. The van der Waals surface area contributed by atoms with Crippen LogP contribution in [0.2, 0.25) is 0 Å². The van der Waals surface area contributed by atoms with Crippen molar-refractivity contribution in [1.82, 2.24) is 0 Å². The average molecular weight is 328 g/mol. The highest BCUT2D eigenvalue weighted by atomic mass is 16.5. The van der Waals surface area contributed by atoms with Crippen molar-refractivity contribution in [2.45, 2.75) is 5.92 Å². The van der Waals surface area contributed by atoms with E-state index in [0.717, 1.165) is 16.7 Å². The molecule has 3 rings (SSSR count). The fourth-order valence-corrected chi connectivity index (χ4v) is 3.11. The molecule has 1 N–H and O–H groups in total. The SMILES string of the molecule is COc1ccc(C2C=Cc3c2cc(OC)c(OC)c3OC)cc1O. The van der Waals surface area contributed by atoms with Crippen LogP contribution in [0.15, 0.2) is 30.3 Å². The van der Waals surface area contributed by atoms with Gasteiger partial charge in [0, 0.05) is 11.5 Å². The maximum atomic E-state index is 10.1. The van der Waals surface area contributed by atoms with Crippen LogP contribution in [0.3, 0.4) is 0 Å². The van der Waals surface area contributed by atoms with Crippen molar-refractivity contribution in [1.29, 1.82) is 0 Å². The van der Waals surface area contributed by atoms with Crippen LogP contribution in [0.25, 0.3) is 6.08 Å². The zero-order valence-electron chi connectivity index (χ0n) is 14.1. The van der Waals surface area contributed by atoms with Gasteiger partial charge < -0.3 is 24.1 Å². The first-order valence-electron chi connectivity index (χ1n) is 7.52. The summed E-state index contributed by atoms with van der Waals surface area (Å²) in [4.78, 5) is 0. The molecule has 2 aromatic rings. The minimum atomic E-state index is -0.00878. The second-order valence-corrected chi connectivity index (χ2v) is 5.42. The Balaban J connectivity index is 2.12. The molecule has 0 aromatic heterocycles. The van der Waals surface area contributed by atoms with E-state index in [1.165, 1.54) is 7.11 Å². The summed E-state index contributed by atoms with van der Waals surface area (Å²) in [7, 11) is 6.32. The molecule has 5 nitrogen and oxygen atoms in total. The van der Waals surface area contributed by atoms with Crippen molar-refractivity contribution in [3.63, 3.8) is 0 Å². The van der Waals surface area contributed by atoms with Gasteiger partial charge in [-0.3, -0.25) is 0 Å². The molecule has 1 unspecified atom stereocenters. The average Bonchev–Trinajstić information content (AvgIpc) is 3.03. The van der Waals surface area contributed by atoms with Crippen LogP contribution in [0.4, 0.5) is 0 Å². The summed E-state index contributed by atoms with van der Waals surface area (Å²) in [6.07, 6.45) is 4.06. The first-order valence-corrected chi connectivity index (χ1v) is 7.52. The summed E-state index contributed by atoms with van der Waals surface area (Å²) in [5, 5.41) is 10.1. The highest BCUT2D eigenvalue weighted by Gasteiger charge is 2.27. The van der Waals surface area contributed by atoms with Crippen LogP contribution in [-0.4, -0.2) is 33.5 Å². The van der Waals surface area contributed by atoms with Crippen molar-refractivity contribution < 1.29 is 24.1 Å². The molecule has 24 heavy (non-hydrogen) atoms. The topological polar surface area (TPSA) is 57.2 Å². The van der Waals surface area contributed by atoms with Gasteiger partial charge in [-0.15, -0.1) is 0 Å². The van der Waals surface area contributed by atoms with Crippen LogP contribution in [0.5, 0.6) is 28.7 Å². The lowest BCUT2D eigenvalue weighted by molar-refractivity contribution is 0.323. The van der Waals surface area contributed by atoms with Gasteiger partial charge in [-0.1, -0.05) is 18.2 Å². The van der Waals surface area contributed by atoms with Crippen molar-refractivity contribution in [2.75, 3.05) is 28.4 Å². The largest absolute Gasteiger partial charge is 0.504 e. The minimum absolute atomic E-state index is 0.00878. The van der Waals surface area contributed by atoms with Gasteiger partial charge in [0.25, 0.3) is 0 Å². The van der Waals surface area contributed by atoms with E-state index in [9.17, 15) is 5.11 Å². The number of benzene rings is 2. The number of fused-ring (bicyclic) bond motifs is 1. The Bertz CT molecular complexity index is 795. The van der Waals surface area contributed by atoms with E-state index in [4.69, 9.17) is 18.9 Å². The van der Waals surface area contributed by atoms with Crippen LogP contribution < -0.4 is 18.9 Å². The molecular weight excluding hydrogens is 308 g/mol. The number of methoxy groups -OCH3 is 4. The molecule has 0 bridgehead atoms. The molecular formula is C19H20O5. The molecule has 1 aliphatic rings. The van der Waals surface area contributed by atoms with Crippen molar-refractivity contribution in [3.05, 3.63) is 47.0 Å². The molecule has 5 heteroatoms. The summed E-state index contributed by atoms with van der Waals surface area (Å²) in [5.74, 6) is 2.38. The lowest BCUT2D eigenvalue weighted by Crippen LogP contribution is -2.02. The molecule has 0 amide bonds. The number of hydrogen-bond donors (Lipinski definition) is 1. The van der Waals surface area contributed by atoms with Crippen LogP contribution in [-0.2, 0) is 0 Å². The molecule has 0 saturated heterocycles. The molecule has 0 spiro atoms. The number of hydrogen-bond acceptors (Lipinski definition) is 5. The zero-order valence-corrected chi connectivity index (χ0v) is 14.1. The first-order chi connectivity index (χ1) is 11.6. The molecule has 0 saturated carbocycles. The second-order valence-electron chi connectivity index (χ2n) is 5.42. The number of ether oxygens (including phenoxy) is 4. The monoisotopic (exact) mass is 328 g/mol. The molecule has 1 atom stereocenters. The third-order valence-corrected chi connectivity index (χ3v) is 4.25. The van der Waals surface area contributed by atoms with E-state index in [1.54, 1.807) is 33.5 Å². The van der Waals surface area contributed by atoms with Crippen LogP contribution in [0, 0.1) is 0 Å². The predicted molar refractivity (Wildman–Crippen MR) is 91.6 cm³/mol. The smallest absolute Gasteiger partial charge is 0.203 e. The minimum Gasteiger partial charge on any atom is -0.504 e. The third-order valence-electron chi connectivity index (χ3n) is 4.25. The zero-order chi connectivity index (χ0) is 17.3. The predicted octanol–water partition coefficient (Wildman–Crippen LogP) is 3.59. The third kappa shape index (κ3) is 2.42. The summed E-state index contributed by atoms with van der Waals surface area (Å²) < 4.78 is 21.5. The van der Waals surface area contributed by atoms with Crippen LogP contribution in [0.1, 0.15) is 22.6 Å². The highest BCUT2D eigenvalue weighted by Crippen LogP contribution is 2.49. The molecule has 0 radical (unpaired) electrons. The fourth-order valence-electron chi connectivity index (χ4n) is 3.11. The van der Waals surface area contributed by atoms with Gasteiger partial charge in [0.1, 0.15) is 0 Å². The van der Waals surface area contributed by atoms with E-state index in [0.29, 0.717) is 23.0 Å². The number of allylic oxidation sites excluding steroid dienone is 1. The fraction of sp³-hybridized carbons (Fsp3) is 0.263. The van der Waals surface area contributed by atoms with Gasteiger partial charge >= 0.3 is 0 Å². The summed E-state index contributed by atoms with van der Waals surface area (Å²) in [6.45, 7) is 0. The van der Waals surface area contributed by atoms with Crippen molar-refractivity contribution in [2.24, 2.45) is 0 Å². The van der Waals surface area contributed by atoms with Gasteiger partial charge in [0.05, 0.1) is 28.4 Å². The van der Waals surface area contributed by atoms with Gasteiger partial charge in [-0.2, -0.15) is 0 Å². The standard InChI is InChI=1S/C19H20O5/c1-21-16-8-5-11(9-15(16)20)12-6-7-13-14(12)10-17(22-2)19(24-4)18(13)23-3/h5-10,12,20H,1-4H3. The van der Waals surface area contributed by atoms with Gasteiger partial charge in [0.2, 0.25) is 5.75 Å². The normalized spacial score (nSPS) is 15.1. The maximum Gasteiger partial charge on any atom is 0.203 e. The number of rotatable bonds is 5. The Labute approximate surface area is 141 Å². The lowest BCUT2D eigenvalue weighted by Gasteiger charge is -2.19. The van der Waals surface area contributed by atoms with Gasteiger partial charge in [0.15, 0.2) is 23.0 Å². The lowest BCUT2D eigenvalue weighted by atomic mass is 9.92. The molecule has 2 aromatic carbocycles. The Morgan fingerprint density at radius 1 is 0.833 bits per heavy atom. The van der Waals surface area contributed by atoms with Crippen molar-refractivity contribution >= 4 is 6.08 Å².